The number of aromatic nitrogens is 3. The Bertz CT molecular complexity index is 579. The van der Waals surface area contributed by atoms with Gasteiger partial charge in [-0.3, -0.25) is 0 Å². The quantitative estimate of drug-likeness (QED) is 0.850. The van der Waals surface area contributed by atoms with Crippen molar-refractivity contribution in [3.05, 3.63) is 22.6 Å². The van der Waals surface area contributed by atoms with Gasteiger partial charge in [0.05, 0.1) is 11.1 Å². The van der Waals surface area contributed by atoms with Gasteiger partial charge in [-0.15, -0.1) is 0 Å². The van der Waals surface area contributed by atoms with Crippen molar-refractivity contribution < 1.29 is 0 Å². The maximum atomic E-state index is 6.54. The number of H-pyrrole nitrogens is 1. The number of nitrogens with zero attached hydrogens (tertiary/aromatic N) is 2. The van der Waals surface area contributed by atoms with Crippen LogP contribution in [0.5, 0.6) is 0 Å². The summed E-state index contributed by atoms with van der Waals surface area (Å²) in [5.74, 6) is 1.55. The van der Waals surface area contributed by atoms with Crippen molar-refractivity contribution in [2.24, 2.45) is 11.7 Å². The summed E-state index contributed by atoms with van der Waals surface area (Å²) in [6.45, 7) is 2.26. The number of nitrogens with one attached hydrogen (secondary N) is 1. The minimum atomic E-state index is -0.315. The zero-order valence-electron chi connectivity index (χ0n) is 10.4. The molecular formula is C13H17BrN4. The van der Waals surface area contributed by atoms with Crippen molar-refractivity contribution >= 4 is 27.1 Å². The Balaban J connectivity index is 2.03. The third-order valence-electron chi connectivity index (χ3n) is 3.81. The summed E-state index contributed by atoms with van der Waals surface area (Å²) in [6.07, 6.45) is 6.20. The summed E-state index contributed by atoms with van der Waals surface area (Å²) in [4.78, 5) is 12.2. The Hall–Kier alpha value is -0.940. The summed E-state index contributed by atoms with van der Waals surface area (Å²) in [7, 11) is 0. The Morgan fingerprint density at radius 2 is 2.39 bits per heavy atom. The molecule has 0 radical (unpaired) electrons. The molecule has 96 valence electrons. The van der Waals surface area contributed by atoms with Crippen molar-refractivity contribution in [1.82, 2.24) is 15.0 Å². The molecule has 2 aromatic rings. The molecule has 4 nitrogen and oxygen atoms in total. The number of aromatic amines is 1. The molecule has 2 atom stereocenters. The molecule has 0 aromatic carbocycles. The highest BCUT2D eigenvalue weighted by Gasteiger charge is 2.35. The van der Waals surface area contributed by atoms with Crippen LogP contribution in [0.25, 0.3) is 11.2 Å². The standard InChI is InChI=1S/C13H17BrN4/c1-8-3-2-4-13(15,6-8)12-17-10-5-9(14)7-16-11(10)18-12/h5,7-8H,2-4,6,15H2,1H3,(H,16,17,18). The average molecular weight is 309 g/mol. The lowest BCUT2D eigenvalue weighted by Crippen LogP contribution is -2.42. The van der Waals surface area contributed by atoms with Gasteiger partial charge in [-0.2, -0.15) is 0 Å². The van der Waals surface area contributed by atoms with Gasteiger partial charge in [0, 0.05) is 10.7 Å². The van der Waals surface area contributed by atoms with E-state index < -0.39 is 0 Å². The number of rotatable bonds is 1. The predicted octanol–water partition coefficient (Wildman–Crippen LogP) is 3.08. The van der Waals surface area contributed by atoms with Gasteiger partial charge in [-0.05, 0) is 40.8 Å². The Morgan fingerprint density at radius 1 is 1.56 bits per heavy atom. The average Bonchev–Trinajstić information content (AvgIpc) is 2.72. The molecule has 1 fully saturated rings. The monoisotopic (exact) mass is 308 g/mol. The first-order valence-electron chi connectivity index (χ1n) is 6.37. The number of halogens is 1. The van der Waals surface area contributed by atoms with Crippen molar-refractivity contribution in [1.29, 1.82) is 0 Å². The lowest BCUT2D eigenvalue weighted by atomic mass is 9.76. The topological polar surface area (TPSA) is 67.6 Å². The predicted molar refractivity (Wildman–Crippen MR) is 75.1 cm³/mol. The Labute approximate surface area is 115 Å². The molecule has 0 spiro atoms. The van der Waals surface area contributed by atoms with Gasteiger partial charge >= 0.3 is 0 Å². The minimum absolute atomic E-state index is 0.315. The highest BCUT2D eigenvalue weighted by atomic mass is 79.9. The molecule has 2 aromatic heterocycles. The van der Waals surface area contributed by atoms with E-state index in [9.17, 15) is 0 Å². The van der Waals surface area contributed by atoms with Crippen LogP contribution < -0.4 is 5.73 Å². The molecule has 1 aliphatic carbocycles. The highest BCUT2D eigenvalue weighted by molar-refractivity contribution is 9.10. The fraction of sp³-hybridized carbons (Fsp3) is 0.538. The molecule has 3 N–H and O–H groups in total. The van der Waals surface area contributed by atoms with E-state index in [0.717, 1.165) is 34.3 Å². The van der Waals surface area contributed by atoms with Gasteiger partial charge in [0.15, 0.2) is 5.65 Å². The van der Waals surface area contributed by atoms with Crippen LogP contribution >= 0.6 is 15.9 Å². The van der Waals surface area contributed by atoms with E-state index >= 15 is 0 Å². The van der Waals surface area contributed by atoms with E-state index in [2.05, 4.69) is 37.8 Å². The van der Waals surface area contributed by atoms with Gasteiger partial charge < -0.3 is 10.7 Å². The maximum Gasteiger partial charge on any atom is 0.177 e. The molecule has 18 heavy (non-hydrogen) atoms. The van der Waals surface area contributed by atoms with Crippen molar-refractivity contribution in [3.63, 3.8) is 0 Å². The van der Waals surface area contributed by atoms with Gasteiger partial charge in [0.2, 0.25) is 0 Å². The van der Waals surface area contributed by atoms with E-state index in [-0.39, 0.29) is 5.54 Å². The molecule has 0 amide bonds. The lowest BCUT2D eigenvalue weighted by Gasteiger charge is -2.34. The van der Waals surface area contributed by atoms with Crippen LogP contribution in [-0.2, 0) is 5.54 Å². The molecular weight excluding hydrogens is 292 g/mol. The molecule has 0 aliphatic heterocycles. The fourth-order valence-electron chi connectivity index (χ4n) is 2.92. The molecule has 2 heterocycles. The zero-order valence-corrected chi connectivity index (χ0v) is 12.0. The van der Waals surface area contributed by atoms with Gasteiger partial charge in [-0.1, -0.05) is 19.8 Å². The number of pyridine rings is 1. The third kappa shape index (κ3) is 2.06. The second kappa shape index (κ2) is 4.31. The first-order chi connectivity index (χ1) is 8.57. The summed E-state index contributed by atoms with van der Waals surface area (Å²) >= 11 is 3.42. The first-order valence-corrected chi connectivity index (χ1v) is 7.17. The first kappa shape index (κ1) is 12.1. The fourth-order valence-corrected chi connectivity index (χ4v) is 3.25. The number of imidazole rings is 1. The van der Waals surface area contributed by atoms with Crippen molar-refractivity contribution in [3.8, 4) is 0 Å². The minimum Gasteiger partial charge on any atom is -0.339 e. The Kier molecular flexibility index (Phi) is 2.90. The summed E-state index contributed by atoms with van der Waals surface area (Å²) in [5, 5.41) is 0. The maximum absolute atomic E-state index is 6.54. The van der Waals surface area contributed by atoms with Gasteiger partial charge in [0.1, 0.15) is 5.82 Å². The Morgan fingerprint density at radius 3 is 3.17 bits per heavy atom. The SMILES string of the molecule is CC1CCCC(N)(c2nc3ncc(Br)cc3[nH]2)C1. The number of hydrogen-bond acceptors (Lipinski definition) is 3. The number of fused-ring (bicyclic) bond motifs is 1. The molecule has 0 bridgehead atoms. The molecule has 0 saturated heterocycles. The van der Waals surface area contributed by atoms with Crippen LogP contribution in [0.4, 0.5) is 0 Å². The van der Waals surface area contributed by atoms with Crippen LogP contribution in [0.2, 0.25) is 0 Å². The molecule has 5 heteroatoms. The molecule has 2 unspecified atom stereocenters. The third-order valence-corrected chi connectivity index (χ3v) is 4.24. The molecule has 3 rings (SSSR count). The van der Waals surface area contributed by atoms with E-state index in [0.29, 0.717) is 5.92 Å². The van der Waals surface area contributed by atoms with Crippen molar-refractivity contribution in [2.75, 3.05) is 0 Å². The lowest BCUT2D eigenvalue weighted by molar-refractivity contribution is 0.230. The van der Waals surface area contributed by atoms with Crippen LogP contribution in [0.3, 0.4) is 0 Å². The van der Waals surface area contributed by atoms with Crippen molar-refractivity contribution in [2.45, 2.75) is 38.1 Å². The van der Waals surface area contributed by atoms with Crippen LogP contribution in [-0.4, -0.2) is 15.0 Å². The second-order valence-electron chi connectivity index (χ2n) is 5.47. The summed E-state index contributed by atoms with van der Waals surface area (Å²) in [5.41, 5.74) is 7.92. The summed E-state index contributed by atoms with van der Waals surface area (Å²) < 4.78 is 0.952. The molecule has 1 aliphatic rings. The normalized spacial score (nSPS) is 28.7. The van der Waals surface area contributed by atoms with E-state index in [1.54, 1.807) is 6.20 Å². The van der Waals surface area contributed by atoms with E-state index in [1.807, 2.05) is 6.07 Å². The largest absolute Gasteiger partial charge is 0.339 e. The van der Waals surface area contributed by atoms with Gasteiger partial charge in [0.25, 0.3) is 0 Å². The van der Waals surface area contributed by atoms with E-state index in [1.165, 1.54) is 12.8 Å². The summed E-state index contributed by atoms with van der Waals surface area (Å²) in [6, 6.07) is 1.99. The highest BCUT2D eigenvalue weighted by Crippen LogP contribution is 2.37. The zero-order chi connectivity index (χ0) is 12.8. The number of hydrogen-bond donors (Lipinski definition) is 2. The van der Waals surface area contributed by atoms with Crippen LogP contribution in [0.1, 0.15) is 38.4 Å². The smallest absolute Gasteiger partial charge is 0.177 e. The van der Waals surface area contributed by atoms with E-state index in [4.69, 9.17) is 5.73 Å². The van der Waals surface area contributed by atoms with Gasteiger partial charge in [-0.25, -0.2) is 9.97 Å². The van der Waals surface area contributed by atoms with Crippen LogP contribution in [0.15, 0.2) is 16.7 Å². The van der Waals surface area contributed by atoms with Crippen LogP contribution in [0, 0.1) is 5.92 Å². The molecule has 1 saturated carbocycles. The second-order valence-corrected chi connectivity index (χ2v) is 6.38. The number of nitrogens with two attached hydrogens (primary N) is 1.